The number of piperidine rings is 1. The van der Waals surface area contributed by atoms with Crippen LogP contribution >= 0.6 is 0 Å². The highest BCUT2D eigenvalue weighted by Gasteiger charge is 2.33. The van der Waals surface area contributed by atoms with Crippen LogP contribution in [0, 0.1) is 0 Å². The largest absolute Gasteiger partial charge is 0.401 e. The Bertz CT molecular complexity index is 906. The molecule has 1 N–H and O–H groups in total. The SMILES string of the molecule is FC(F)(F)CN1CCC[C@@H](c2ncc(-c3cnc(-c4ccccc4)nc3)[nH]2)C1. The van der Waals surface area contributed by atoms with Crippen molar-refractivity contribution >= 4 is 0 Å². The van der Waals surface area contributed by atoms with Crippen LogP contribution in [0.15, 0.2) is 48.9 Å². The Hall–Kier alpha value is -2.74. The van der Waals surface area contributed by atoms with E-state index >= 15 is 0 Å². The highest BCUT2D eigenvalue weighted by molar-refractivity contribution is 5.60. The number of rotatable bonds is 4. The average Bonchev–Trinajstić information content (AvgIpc) is 3.18. The summed E-state index contributed by atoms with van der Waals surface area (Å²) in [6, 6.07) is 9.68. The van der Waals surface area contributed by atoms with Crippen LogP contribution in [0.4, 0.5) is 13.2 Å². The van der Waals surface area contributed by atoms with Gasteiger partial charge in [-0.2, -0.15) is 13.2 Å². The van der Waals surface area contributed by atoms with Crippen LogP contribution in [0.1, 0.15) is 24.6 Å². The van der Waals surface area contributed by atoms with Gasteiger partial charge >= 0.3 is 6.18 Å². The van der Waals surface area contributed by atoms with E-state index in [2.05, 4.69) is 19.9 Å². The average molecular weight is 387 g/mol. The minimum atomic E-state index is -4.17. The molecular weight excluding hydrogens is 367 g/mol. The predicted molar refractivity (Wildman–Crippen MR) is 99.5 cm³/mol. The Kier molecular flexibility index (Phi) is 5.13. The number of H-pyrrole nitrogens is 1. The van der Waals surface area contributed by atoms with Crippen molar-refractivity contribution in [1.29, 1.82) is 0 Å². The van der Waals surface area contributed by atoms with Crippen molar-refractivity contribution in [3.8, 4) is 22.6 Å². The Morgan fingerprint density at radius 1 is 1.00 bits per heavy atom. The first kappa shape index (κ1) is 18.6. The van der Waals surface area contributed by atoms with Crippen LogP contribution in [0.3, 0.4) is 0 Å². The van der Waals surface area contributed by atoms with Crippen molar-refractivity contribution < 1.29 is 13.2 Å². The van der Waals surface area contributed by atoms with Crippen LogP contribution in [0.25, 0.3) is 22.6 Å². The Labute approximate surface area is 160 Å². The first-order chi connectivity index (χ1) is 13.5. The van der Waals surface area contributed by atoms with Gasteiger partial charge in [-0.3, -0.25) is 4.90 Å². The van der Waals surface area contributed by atoms with Gasteiger partial charge in [0.1, 0.15) is 5.82 Å². The first-order valence-electron chi connectivity index (χ1n) is 9.20. The summed E-state index contributed by atoms with van der Waals surface area (Å²) in [4.78, 5) is 17.9. The molecule has 8 heteroatoms. The second kappa shape index (κ2) is 7.71. The van der Waals surface area contributed by atoms with Crippen LogP contribution in [-0.2, 0) is 0 Å². The fraction of sp³-hybridized carbons (Fsp3) is 0.350. The number of halogens is 3. The molecule has 0 amide bonds. The lowest BCUT2D eigenvalue weighted by Gasteiger charge is -2.32. The van der Waals surface area contributed by atoms with Crippen LogP contribution in [-0.4, -0.2) is 50.6 Å². The summed E-state index contributed by atoms with van der Waals surface area (Å²) < 4.78 is 38.0. The van der Waals surface area contributed by atoms with E-state index in [1.165, 1.54) is 4.90 Å². The lowest BCUT2D eigenvalue weighted by molar-refractivity contribution is -0.148. The zero-order chi connectivity index (χ0) is 19.6. The summed E-state index contributed by atoms with van der Waals surface area (Å²) in [7, 11) is 0. The molecule has 0 aliphatic carbocycles. The molecule has 0 spiro atoms. The third-order valence-electron chi connectivity index (χ3n) is 4.89. The molecule has 1 aromatic carbocycles. The fourth-order valence-corrected chi connectivity index (χ4v) is 3.57. The number of alkyl halides is 3. The third-order valence-corrected chi connectivity index (χ3v) is 4.89. The summed E-state index contributed by atoms with van der Waals surface area (Å²) in [5.41, 5.74) is 2.50. The van der Waals surface area contributed by atoms with Gasteiger partial charge in [0.2, 0.25) is 0 Å². The summed E-state index contributed by atoms with van der Waals surface area (Å²) in [5, 5.41) is 0. The van der Waals surface area contributed by atoms with E-state index in [-0.39, 0.29) is 5.92 Å². The van der Waals surface area contributed by atoms with Gasteiger partial charge in [-0.25, -0.2) is 15.0 Å². The molecule has 146 valence electrons. The van der Waals surface area contributed by atoms with Crippen LogP contribution in [0.2, 0.25) is 0 Å². The van der Waals surface area contributed by atoms with E-state index in [4.69, 9.17) is 0 Å². The molecule has 1 fully saturated rings. The molecule has 1 aliphatic rings. The van der Waals surface area contributed by atoms with Gasteiger partial charge in [-0.05, 0) is 19.4 Å². The van der Waals surface area contributed by atoms with E-state index in [0.717, 1.165) is 29.7 Å². The molecule has 2 aromatic heterocycles. The van der Waals surface area contributed by atoms with Gasteiger partial charge in [-0.1, -0.05) is 30.3 Å². The van der Waals surface area contributed by atoms with Gasteiger partial charge in [0.25, 0.3) is 0 Å². The van der Waals surface area contributed by atoms with Crippen molar-refractivity contribution in [3.05, 3.63) is 54.7 Å². The minimum absolute atomic E-state index is 0.0330. The molecule has 4 rings (SSSR count). The molecule has 0 saturated carbocycles. The summed E-state index contributed by atoms with van der Waals surface area (Å²) in [5.74, 6) is 1.32. The molecule has 5 nitrogen and oxygen atoms in total. The zero-order valence-corrected chi connectivity index (χ0v) is 15.2. The van der Waals surface area contributed by atoms with E-state index in [1.54, 1.807) is 18.6 Å². The summed E-state index contributed by atoms with van der Waals surface area (Å²) in [6.45, 7) is -0.0415. The number of aromatic amines is 1. The second-order valence-corrected chi connectivity index (χ2v) is 7.03. The van der Waals surface area contributed by atoms with E-state index in [0.29, 0.717) is 24.7 Å². The maximum Gasteiger partial charge on any atom is 0.401 e. The number of nitrogens with zero attached hydrogens (tertiary/aromatic N) is 4. The van der Waals surface area contributed by atoms with Crippen molar-refractivity contribution in [2.24, 2.45) is 0 Å². The first-order valence-corrected chi connectivity index (χ1v) is 9.20. The van der Waals surface area contributed by atoms with Gasteiger partial charge in [-0.15, -0.1) is 0 Å². The number of benzene rings is 1. The summed E-state index contributed by atoms with van der Waals surface area (Å²) in [6.07, 6.45) is 2.52. The molecule has 28 heavy (non-hydrogen) atoms. The van der Waals surface area contributed by atoms with E-state index < -0.39 is 12.7 Å². The number of hydrogen-bond donors (Lipinski definition) is 1. The smallest absolute Gasteiger partial charge is 0.342 e. The van der Waals surface area contributed by atoms with Gasteiger partial charge < -0.3 is 4.98 Å². The monoisotopic (exact) mass is 387 g/mol. The molecule has 3 heterocycles. The highest BCUT2D eigenvalue weighted by atomic mass is 19.4. The molecule has 0 bridgehead atoms. The number of nitrogens with one attached hydrogen (secondary N) is 1. The molecule has 1 atom stereocenters. The minimum Gasteiger partial charge on any atom is -0.342 e. The Balaban J connectivity index is 1.47. The Morgan fingerprint density at radius 3 is 2.46 bits per heavy atom. The lowest BCUT2D eigenvalue weighted by atomic mass is 9.97. The topological polar surface area (TPSA) is 57.7 Å². The van der Waals surface area contributed by atoms with Gasteiger partial charge in [0.05, 0.1) is 18.4 Å². The Morgan fingerprint density at radius 2 is 1.75 bits per heavy atom. The van der Waals surface area contributed by atoms with Crippen molar-refractivity contribution in [1.82, 2.24) is 24.8 Å². The van der Waals surface area contributed by atoms with Gasteiger partial charge in [0.15, 0.2) is 5.82 Å². The fourth-order valence-electron chi connectivity index (χ4n) is 3.57. The number of imidazole rings is 1. The standard InChI is InChI=1S/C20H20F3N5/c21-20(22,23)13-28-8-4-7-15(12-28)19-26-11-17(27-19)16-9-24-18(25-10-16)14-5-2-1-3-6-14/h1-3,5-6,9-11,15H,4,7-8,12-13H2,(H,26,27)/t15-/m1/s1. The lowest BCUT2D eigenvalue weighted by Crippen LogP contribution is -2.40. The molecule has 0 unspecified atom stereocenters. The molecule has 1 aliphatic heterocycles. The highest BCUT2D eigenvalue weighted by Crippen LogP contribution is 2.29. The molecule has 3 aromatic rings. The van der Waals surface area contributed by atoms with Gasteiger partial charge in [0, 0.05) is 36.0 Å². The number of hydrogen-bond acceptors (Lipinski definition) is 4. The van der Waals surface area contributed by atoms with E-state index in [1.807, 2.05) is 30.3 Å². The quantitative estimate of drug-likeness (QED) is 0.726. The zero-order valence-electron chi connectivity index (χ0n) is 15.2. The summed E-state index contributed by atoms with van der Waals surface area (Å²) >= 11 is 0. The van der Waals surface area contributed by atoms with Crippen LogP contribution in [0.5, 0.6) is 0 Å². The van der Waals surface area contributed by atoms with E-state index in [9.17, 15) is 13.2 Å². The second-order valence-electron chi connectivity index (χ2n) is 7.03. The normalized spacial score (nSPS) is 18.3. The van der Waals surface area contributed by atoms with Crippen molar-refractivity contribution in [2.75, 3.05) is 19.6 Å². The maximum atomic E-state index is 12.7. The number of likely N-dealkylation sites (tertiary alicyclic amines) is 1. The third kappa shape index (κ3) is 4.39. The molecular formula is C20H20F3N5. The van der Waals surface area contributed by atoms with Crippen LogP contribution < -0.4 is 0 Å². The predicted octanol–water partition coefficient (Wildman–Crippen LogP) is 4.28. The maximum absolute atomic E-state index is 12.7. The van der Waals surface area contributed by atoms with Crippen molar-refractivity contribution in [3.63, 3.8) is 0 Å². The molecule has 1 saturated heterocycles. The molecule has 0 radical (unpaired) electrons. The van der Waals surface area contributed by atoms with Crippen molar-refractivity contribution in [2.45, 2.75) is 24.9 Å². The number of aromatic nitrogens is 4.